The molecular weight excluding hydrogens is 190 g/mol. The van der Waals surface area contributed by atoms with Gasteiger partial charge in [-0.3, -0.25) is 9.36 Å². The highest BCUT2D eigenvalue weighted by Gasteiger charge is 2.00. The molecular formula is C10H15N5. The zero-order valence-corrected chi connectivity index (χ0v) is 8.80. The third-order valence-corrected chi connectivity index (χ3v) is 2.44. The van der Waals surface area contributed by atoms with Gasteiger partial charge in [0.2, 0.25) is 0 Å². The molecule has 0 fully saturated rings. The van der Waals surface area contributed by atoms with Crippen LogP contribution in [0.25, 0.3) is 0 Å². The first-order chi connectivity index (χ1) is 7.29. The summed E-state index contributed by atoms with van der Waals surface area (Å²) in [6.45, 7) is 1.41. The van der Waals surface area contributed by atoms with E-state index in [4.69, 9.17) is 5.73 Å². The zero-order chi connectivity index (χ0) is 10.7. The molecule has 2 aromatic rings. The first kappa shape index (κ1) is 9.92. The van der Waals surface area contributed by atoms with Gasteiger partial charge in [-0.25, -0.2) is 0 Å². The molecule has 2 heterocycles. The van der Waals surface area contributed by atoms with Crippen molar-refractivity contribution in [3.63, 3.8) is 0 Å². The standard InChI is InChI=1S/C10H15N5/c1-14-10(2-4-12-14)3-5-15-8-9(6-11)7-13-15/h2,4,7-8H,3,5-6,11H2,1H3. The second kappa shape index (κ2) is 4.27. The molecule has 0 radical (unpaired) electrons. The fourth-order valence-corrected chi connectivity index (χ4v) is 1.51. The molecule has 2 rings (SSSR count). The van der Waals surface area contributed by atoms with Gasteiger partial charge in [0, 0.05) is 50.2 Å². The molecule has 0 bridgehead atoms. The summed E-state index contributed by atoms with van der Waals surface area (Å²) < 4.78 is 3.79. The summed E-state index contributed by atoms with van der Waals surface area (Å²) >= 11 is 0. The van der Waals surface area contributed by atoms with E-state index >= 15 is 0 Å². The van der Waals surface area contributed by atoms with Gasteiger partial charge in [0.15, 0.2) is 0 Å². The van der Waals surface area contributed by atoms with Crippen LogP contribution in [0.15, 0.2) is 24.7 Å². The molecule has 0 aromatic carbocycles. The van der Waals surface area contributed by atoms with Crippen LogP contribution in [0.5, 0.6) is 0 Å². The number of nitrogens with zero attached hydrogens (tertiary/aromatic N) is 4. The maximum atomic E-state index is 5.51. The molecule has 0 unspecified atom stereocenters. The summed E-state index contributed by atoms with van der Waals surface area (Å²) in [5.74, 6) is 0. The molecule has 0 aliphatic heterocycles. The van der Waals surface area contributed by atoms with E-state index in [9.17, 15) is 0 Å². The van der Waals surface area contributed by atoms with Crippen LogP contribution < -0.4 is 5.73 Å². The van der Waals surface area contributed by atoms with E-state index in [1.807, 2.05) is 41.1 Å². The maximum absolute atomic E-state index is 5.51. The fraction of sp³-hybridized carbons (Fsp3) is 0.400. The van der Waals surface area contributed by atoms with Crippen LogP contribution in [0.4, 0.5) is 0 Å². The van der Waals surface area contributed by atoms with Gasteiger partial charge in [0.05, 0.1) is 6.20 Å². The van der Waals surface area contributed by atoms with Gasteiger partial charge >= 0.3 is 0 Å². The number of rotatable bonds is 4. The number of hydrogen-bond acceptors (Lipinski definition) is 3. The van der Waals surface area contributed by atoms with Crippen LogP contribution >= 0.6 is 0 Å². The molecule has 0 atom stereocenters. The molecule has 2 N–H and O–H groups in total. The molecule has 5 heteroatoms. The SMILES string of the molecule is Cn1nccc1CCn1cc(CN)cn1. The smallest absolute Gasteiger partial charge is 0.0534 e. The maximum Gasteiger partial charge on any atom is 0.0534 e. The number of aromatic nitrogens is 4. The van der Waals surface area contributed by atoms with Gasteiger partial charge in [0.1, 0.15) is 0 Å². The minimum atomic E-state index is 0.547. The lowest BCUT2D eigenvalue weighted by molar-refractivity contribution is 0.586. The highest BCUT2D eigenvalue weighted by atomic mass is 15.3. The van der Waals surface area contributed by atoms with Gasteiger partial charge in [0.25, 0.3) is 0 Å². The normalized spacial score (nSPS) is 10.8. The lowest BCUT2D eigenvalue weighted by atomic mass is 10.3. The Morgan fingerprint density at radius 1 is 1.40 bits per heavy atom. The van der Waals surface area contributed by atoms with E-state index in [-0.39, 0.29) is 0 Å². The Labute approximate surface area is 88.5 Å². The summed E-state index contributed by atoms with van der Waals surface area (Å²) in [7, 11) is 1.95. The van der Waals surface area contributed by atoms with Crippen molar-refractivity contribution in [2.45, 2.75) is 19.5 Å². The summed E-state index contributed by atoms with van der Waals surface area (Å²) in [5.41, 5.74) is 7.79. The number of aryl methyl sites for hydroxylation is 3. The summed E-state index contributed by atoms with van der Waals surface area (Å²) in [5, 5.41) is 8.34. The van der Waals surface area contributed by atoms with Gasteiger partial charge < -0.3 is 5.73 Å². The first-order valence-electron chi connectivity index (χ1n) is 4.98. The lowest BCUT2D eigenvalue weighted by Crippen LogP contribution is -2.05. The van der Waals surface area contributed by atoms with E-state index in [0.717, 1.165) is 18.5 Å². The Balaban J connectivity index is 1.96. The average molecular weight is 205 g/mol. The molecule has 5 nitrogen and oxygen atoms in total. The molecule has 0 amide bonds. The highest BCUT2D eigenvalue weighted by Crippen LogP contribution is 2.01. The minimum absolute atomic E-state index is 0.547. The van der Waals surface area contributed by atoms with E-state index in [0.29, 0.717) is 6.54 Å². The number of hydrogen-bond donors (Lipinski definition) is 1. The predicted molar refractivity (Wildman–Crippen MR) is 57.0 cm³/mol. The van der Waals surface area contributed by atoms with Gasteiger partial charge in [-0.05, 0) is 6.07 Å². The quantitative estimate of drug-likeness (QED) is 0.781. The van der Waals surface area contributed by atoms with Crippen molar-refractivity contribution in [2.24, 2.45) is 12.8 Å². The van der Waals surface area contributed by atoms with Crippen LogP contribution in [0, 0.1) is 0 Å². The van der Waals surface area contributed by atoms with Crippen molar-refractivity contribution < 1.29 is 0 Å². The van der Waals surface area contributed by atoms with Crippen LogP contribution in [0.3, 0.4) is 0 Å². The van der Waals surface area contributed by atoms with Gasteiger partial charge in [-0.2, -0.15) is 10.2 Å². The molecule has 0 aliphatic carbocycles. The van der Waals surface area contributed by atoms with E-state index < -0.39 is 0 Å². The number of nitrogens with two attached hydrogens (primary N) is 1. The Morgan fingerprint density at radius 2 is 2.27 bits per heavy atom. The second-order valence-electron chi connectivity index (χ2n) is 3.51. The Bertz CT molecular complexity index is 428. The summed E-state index contributed by atoms with van der Waals surface area (Å²) in [6.07, 6.45) is 6.53. The zero-order valence-electron chi connectivity index (χ0n) is 8.80. The minimum Gasteiger partial charge on any atom is -0.326 e. The van der Waals surface area contributed by atoms with Gasteiger partial charge in [-0.1, -0.05) is 0 Å². The second-order valence-corrected chi connectivity index (χ2v) is 3.51. The van der Waals surface area contributed by atoms with Crippen molar-refractivity contribution in [1.29, 1.82) is 0 Å². The first-order valence-corrected chi connectivity index (χ1v) is 4.98. The predicted octanol–water partition coefficient (Wildman–Crippen LogP) is 0.318. The summed E-state index contributed by atoms with van der Waals surface area (Å²) in [6, 6.07) is 2.02. The fourth-order valence-electron chi connectivity index (χ4n) is 1.51. The van der Waals surface area contributed by atoms with Crippen LogP contribution in [0.1, 0.15) is 11.3 Å². The van der Waals surface area contributed by atoms with Crippen molar-refractivity contribution in [3.8, 4) is 0 Å². The molecule has 0 aliphatic rings. The monoisotopic (exact) mass is 205 g/mol. The average Bonchev–Trinajstić information content (AvgIpc) is 2.84. The van der Waals surface area contributed by atoms with E-state index in [1.54, 1.807) is 0 Å². The Morgan fingerprint density at radius 3 is 2.87 bits per heavy atom. The van der Waals surface area contributed by atoms with Crippen molar-refractivity contribution in [3.05, 3.63) is 35.9 Å². The van der Waals surface area contributed by atoms with Crippen molar-refractivity contribution in [2.75, 3.05) is 0 Å². The molecule has 2 aromatic heterocycles. The highest BCUT2D eigenvalue weighted by molar-refractivity contribution is 5.04. The third-order valence-electron chi connectivity index (χ3n) is 2.44. The Kier molecular flexibility index (Phi) is 2.82. The molecule has 15 heavy (non-hydrogen) atoms. The lowest BCUT2D eigenvalue weighted by Gasteiger charge is -2.02. The topological polar surface area (TPSA) is 61.7 Å². The molecule has 0 spiro atoms. The van der Waals surface area contributed by atoms with Crippen molar-refractivity contribution >= 4 is 0 Å². The largest absolute Gasteiger partial charge is 0.326 e. The van der Waals surface area contributed by atoms with Gasteiger partial charge in [-0.15, -0.1) is 0 Å². The van der Waals surface area contributed by atoms with Crippen molar-refractivity contribution in [1.82, 2.24) is 19.6 Å². The molecule has 80 valence electrons. The van der Waals surface area contributed by atoms with Crippen LogP contribution in [-0.2, 0) is 26.6 Å². The molecule has 0 saturated heterocycles. The summed E-state index contributed by atoms with van der Waals surface area (Å²) in [4.78, 5) is 0. The van der Waals surface area contributed by atoms with E-state index in [1.165, 1.54) is 5.69 Å². The van der Waals surface area contributed by atoms with Crippen LogP contribution in [-0.4, -0.2) is 19.6 Å². The molecule has 0 saturated carbocycles. The third kappa shape index (κ3) is 2.24. The van der Waals surface area contributed by atoms with E-state index in [2.05, 4.69) is 10.2 Å². The van der Waals surface area contributed by atoms with Crippen LogP contribution in [0.2, 0.25) is 0 Å². The Hall–Kier alpha value is -1.62.